The van der Waals surface area contributed by atoms with Gasteiger partial charge in [0.25, 0.3) is 10.0 Å². The largest absolute Gasteiger partial charge is 0.308 e. The van der Waals surface area contributed by atoms with Crippen LogP contribution in [0.1, 0.15) is 26.3 Å². The first-order chi connectivity index (χ1) is 9.79. The smallest absolute Gasteiger partial charge is 0.257 e. The molecule has 0 radical (unpaired) electrons. The van der Waals surface area contributed by atoms with Gasteiger partial charge in [0, 0.05) is 5.69 Å². The van der Waals surface area contributed by atoms with Gasteiger partial charge < -0.3 is 5.43 Å². The number of benzene rings is 2. The maximum atomic E-state index is 12.2. The summed E-state index contributed by atoms with van der Waals surface area (Å²) in [7, 11) is -3.58. The minimum Gasteiger partial charge on any atom is -0.308 e. The predicted octanol–water partition coefficient (Wildman–Crippen LogP) is 3.29. The van der Waals surface area contributed by atoms with Crippen LogP contribution in [0.15, 0.2) is 59.5 Å². The van der Waals surface area contributed by atoms with Crippen molar-refractivity contribution >= 4 is 15.7 Å². The van der Waals surface area contributed by atoms with Gasteiger partial charge in [-0.2, -0.15) is 0 Å². The van der Waals surface area contributed by atoms with Gasteiger partial charge in [-0.1, -0.05) is 51.1 Å². The summed E-state index contributed by atoms with van der Waals surface area (Å²) in [4.78, 5) is 2.61. The highest BCUT2D eigenvalue weighted by Crippen LogP contribution is 2.23. The van der Waals surface area contributed by atoms with Gasteiger partial charge in [0.2, 0.25) is 0 Å². The van der Waals surface area contributed by atoms with Gasteiger partial charge in [0.1, 0.15) is 0 Å². The maximum Gasteiger partial charge on any atom is 0.257 e. The molecule has 0 heterocycles. The molecule has 5 heteroatoms. The Morgan fingerprint density at radius 2 is 1.43 bits per heavy atom. The first-order valence-corrected chi connectivity index (χ1v) is 8.21. The molecule has 0 fully saturated rings. The van der Waals surface area contributed by atoms with Crippen LogP contribution in [0.4, 0.5) is 5.69 Å². The number of nitrogens with one attached hydrogen (secondary N) is 2. The second-order valence-electron chi connectivity index (χ2n) is 5.87. The molecule has 4 nitrogen and oxygen atoms in total. The number of hydrogen-bond acceptors (Lipinski definition) is 3. The molecule has 0 spiro atoms. The molecule has 112 valence electrons. The molecule has 0 aromatic heterocycles. The highest BCUT2D eigenvalue weighted by atomic mass is 32.2. The Labute approximate surface area is 126 Å². The lowest BCUT2D eigenvalue weighted by Gasteiger charge is -2.19. The number of rotatable bonds is 4. The molecule has 0 aliphatic carbocycles. The summed E-state index contributed by atoms with van der Waals surface area (Å²) in [5.41, 5.74) is 4.47. The Hall–Kier alpha value is -1.85. The van der Waals surface area contributed by atoms with E-state index in [2.05, 4.69) is 31.0 Å². The Kier molecular flexibility index (Phi) is 4.34. The zero-order valence-electron chi connectivity index (χ0n) is 12.4. The van der Waals surface area contributed by atoms with Crippen LogP contribution in [0, 0.1) is 0 Å². The van der Waals surface area contributed by atoms with E-state index in [1.165, 1.54) is 0 Å². The Balaban J connectivity index is 2.13. The number of sulfonamides is 1. The molecule has 2 aromatic rings. The van der Waals surface area contributed by atoms with Crippen LogP contribution < -0.4 is 10.3 Å². The van der Waals surface area contributed by atoms with Gasteiger partial charge in [-0.3, -0.25) is 0 Å². The van der Waals surface area contributed by atoms with Crippen LogP contribution in [0.5, 0.6) is 0 Å². The fourth-order valence-corrected chi connectivity index (χ4v) is 2.71. The molecule has 2 rings (SSSR count). The summed E-state index contributed by atoms with van der Waals surface area (Å²) in [5, 5.41) is 0. The summed E-state index contributed by atoms with van der Waals surface area (Å²) in [6, 6.07) is 16.0. The van der Waals surface area contributed by atoms with Crippen LogP contribution in [0.25, 0.3) is 0 Å². The van der Waals surface area contributed by atoms with Crippen molar-refractivity contribution in [1.82, 2.24) is 4.83 Å². The van der Waals surface area contributed by atoms with E-state index in [0.29, 0.717) is 5.69 Å². The van der Waals surface area contributed by atoms with Crippen molar-refractivity contribution in [3.8, 4) is 0 Å². The van der Waals surface area contributed by atoms with Gasteiger partial charge in [-0.05, 0) is 35.2 Å². The van der Waals surface area contributed by atoms with E-state index in [1.807, 2.05) is 30.3 Å². The van der Waals surface area contributed by atoms with E-state index in [4.69, 9.17) is 0 Å². The van der Waals surface area contributed by atoms with Crippen molar-refractivity contribution in [2.75, 3.05) is 5.43 Å². The average molecular weight is 304 g/mol. The number of hydrazine groups is 1. The van der Waals surface area contributed by atoms with Gasteiger partial charge >= 0.3 is 0 Å². The van der Waals surface area contributed by atoms with Crippen LogP contribution in [-0.4, -0.2) is 8.42 Å². The van der Waals surface area contributed by atoms with E-state index < -0.39 is 10.0 Å². The Morgan fingerprint density at radius 1 is 0.857 bits per heavy atom. The minimum atomic E-state index is -3.58. The Bertz CT molecular complexity index is 687. The molecule has 2 aromatic carbocycles. The van der Waals surface area contributed by atoms with E-state index in [1.54, 1.807) is 24.3 Å². The zero-order valence-corrected chi connectivity index (χ0v) is 13.2. The monoisotopic (exact) mass is 304 g/mol. The molecule has 0 amide bonds. The SMILES string of the molecule is CC(C)(C)c1ccc(S(=O)(=O)NNc2ccccc2)cc1. The van der Waals surface area contributed by atoms with Crippen LogP contribution in [0.2, 0.25) is 0 Å². The van der Waals surface area contributed by atoms with Crippen molar-refractivity contribution < 1.29 is 8.42 Å². The highest BCUT2D eigenvalue weighted by Gasteiger charge is 2.17. The van der Waals surface area contributed by atoms with E-state index >= 15 is 0 Å². The number of anilines is 1. The summed E-state index contributed by atoms with van der Waals surface area (Å²) in [5.74, 6) is 0. The third kappa shape index (κ3) is 4.06. The normalized spacial score (nSPS) is 12.1. The quantitative estimate of drug-likeness (QED) is 0.852. The molecular weight excluding hydrogens is 284 g/mol. The van der Waals surface area contributed by atoms with E-state index in [9.17, 15) is 8.42 Å². The fraction of sp³-hybridized carbons (Fsp3) is 0.250. The second kappa shape index (κ2) is 5.87. The van der Waals surface area contributed by atoms with E-state index in [0.717, 1.165) is 5.56 Å². The van der Waals surface area contributed by atoms with Crippen molar-refractivity contribution in [2.45, 2.75) is 31.1 Å². The topological polar surface area (TPSA) is 58.2 Å². The molecule has 0 saturated carbocycles. The maximum absolute atomic E-state index is 12.2. The van der Waals surface area contributed by atoms with Crippen molar-refractivity contribution in [3.05, 3.63) is 60.2 Å². The lowest BCUT2D eigenvalue weighted by Crippen LogP contribution is -2.29. The lowest BCUT2D eigenvalue weighted by atomic mass is 9.87. The molecule has 0 aliphatic rings. The van der Waals surface area contributed by atoms with Crippen molar-refractivity contribution in [2.24, 2.45) is 0 Å². The van der Waals surface area contributed by atoms with Gasteiger partial charge in [-0.15, -0.1) is 4.83 Å². The molecule has 0 saturated heterocycles. The molecule has 0 aliphatic heterocycles. The summed E-state index contributed by atoms with van der Waals surface area (Å²) in [6.07, 6.45) is 0. The molecule has 0 atom stereocenters. The fourth-order valence-electron chi connectivity index (χ4n) is 1.84. The van der Waals surface area contributed by atoms with Crippen LogP contribution in [0.3, 0.4) is 0 Å². The third-order valence-corrected chi connectivity index (χ3v) is 4.40. The molecule has 21 heavy (non-hydrogen) atoms. The standard InChI is InChI=1S/C16H20N2O2S/c1-16(2,3)13-9-11-15(12-10-13)21(19,20)18-17-14-7-5-4-6-8-14/h4-12,17-18H,1-3H3. The first kappa shape index (κ1) is 15.5. The lowest BCUT2D eigenvalue weighted by molar-refractivity contribution is 0.582. The summed E-state index contributed by atoms with van der Waals surface area (Å²) in [6.45, 7) is 6.27. The molecular formula is C16H20N2O2S. The van der Waals surface area contributed by atoms with Crippen LogP contribution >= 0.6 is 0 Å². The highest BCUT2D eigenvalue weighted by molar-refractivity contribution is 7.89. The number of para-hydroxylation sites is 1. The van der Waals surface area contributed by atoms with Crippen molar-refractivity contribution in [3.63, 3.8) is 0 Å². The summed E-state index contributed by atoms with van der Waals surface area (Å²) < 4.78 is 24.4. The molecule has 0 bridgehead atoms. The summed E-state index contributed by atoms with van der Waals surface area (Å²) >= 11 is 0. The predicted molar refractivity (Wildman–Crippen MR) is 85.5 cm³/mol. The Morgan fingerprint density at radius 3 is 1.95 bits per heavy atom. The second-order valence-corrected chi connectivity index (χ2v) is 7.55. The molecule has 0 unspecified atom stereocenters. The average Bonchev–Trinajstić information content (AvgIpc) is 2.46. The van der Waals surface area contributed by atoms with E-state index in [-0.39, 0.29) is 10.3 Å². The zero-order chi connectivity index (χ0) is 15.5. The van der Waals surface area contributed by atoms with Gasteiger partial charge in [-0.25, -0.2) is 8.42 Å². The minimum absolute atomic E-state index is 0.00198. The third-order valence-electron chi connectivity index (χ3n) is 3.13. The molecule has 2 N–H and O–H groups in total. The number of hydrogen-bond donors (Lipinski definition) is 2. The van der Waals surface area contributed by atoms with Gasteiger partial charge in [0.15, 0.2) is 0 Å². The van der Waals surface area contributed by atoms with Crippen LogP contribution in [-0.2, 0) is 15.4 Å². The first-order valence-electron chi connectivity index (χ1n) is 6.72. The van der Waals surface area contributed by atoms with Gasteiger partial charge in [0.05, 0.1) is 4.90 Å². The van der Waals surface area contributed by atoms with Crippen molar-refractivity contribution in [1.29, 1.82) is 0 Å².